The molecule has 72 valence electrons. The van der Waals surface area contributed by atoms with Crippen LogP contribution in [0.15, 0.2) is 12.3 Å². The van der Waals surface area contributed by atoms with Crippen LogP contribution in [-0.2, 0) is 14.3 Å². The molecule has 0 aromatic carbocycles. The molecule has 0 bridgehead atoms. The maximum Gasteiger partial charge on any atom is 0.307 e. The Kier molecular flexibility index (Phi) is 14.7. The Morgan fingerprint density at radius 2 is 1.83 bits per heavy atom. The van der Waals surface area contributed by atoms with Gasteiger partial charge >= 0.3 is 5.97 Å². The van der Waals surface area contributed by atoms with Crippen LogP contribution >= 0.6 is 0 Å². The SMILES string of the molecule is C/C=C\OC(C)=O.CCOCC. The number of rotatable bonds is 3. The Hall–Kier alpha value is -0.830. The fraction of sp³-hybridized carbons (Fsp3) is 0.667. The zero-order chi connectivity index (χ0) is 9.82. The molecule has 0 aliphatic carbocycles. The average molecular weight is 174 g/mol. The summed E-state index contributed by atoms with van der Waals surface area (Å²) in [5.41, 5.74) is 0. The number of hydrogen-bond donors (Lipinski definition) is 0. The molecule has 0 unspecified atom stereocenters. The van der Waals surface area contributed by atoms with Crippen LogP contribution in [0, 0.1) is 0 Å². The Bertz CT molecular complexity index is 117. The molecule has 0 radical (unpaired) electrons. The van der Waals surface area contributed by atoms with Gasteiger partial charge in [0.15, 0.2) is 0 Å². The Morgan fingerprint density at radius 3 is 1.92 bits per heavy atom. The van der Waals surface area contributed by atoms with Crippen molar-refractivity contribution < 1.29 is 14.3 Å². The lowest BCUT2D eigenvalue weighted by atomic mass is 10.7. The lowest BCUT2D eigenvalue weighted by Crippen LogP contribution is -1.88. The molecule has 0 heterocycles. The van der Waals surface area contributed by atoms with E-state index in [0.717, 1.165) is 13.2 Å². The van der Waals surface area contributed by atoms with Crippen molar-refractivity contribution in [2.24, 2.45) is 0 Å². The minimum absolute atomic E-state index is 0.280. The second kappa shape index (κ2) is 12.8. The molecule has 0 rings (SSSR count). The van der Waals surface area contributed by atoms with Gasteiger partial charge < -0.3 is 9.47 Å². The largest absolute Gasteiger partial charge is 0.435 e. The lowest BCUT2D eigenvalue weighted by molar-refractivity contribution is -0.135. The van der Waals surface area contributed by atoms with Crippen LogP contribution in [0.5, 0.6) is 0 Å². The molecule has 0 spiro atoms. The van der Waals surface area contributed by atoms with Gasteiger partial charge in [-0.05, 0) is 20.8 Å². The molecule has 3 heteroatoms. The van der Waals surface area contributed by atoms with E-state index in [9.17, 15) is 4.79 Å². The van der Waals surface area contributed by atoms with Gasteiger partial charge in [-0.25, -0.2) is 0 Å². The van der Waals surface area contributed by atoms with Crippen molar-refractivity contribution in [3.63, 3.8) is 0 Å². The van der Waals surface area contributed by atoms with Gasteiger partial charge in [-0.15, -0.1) is 0 Å². The van der Waals surface area contributed by atoms with Crippen molar-refractivity contribution in [1.29, 1.82) is 0 Å². The minimum atomic E-state index is -0.280. The zero-order valence-electron chi connectivity index (χ0n) is 8.29. The first kappa shape index (κ1) is 13.7. The number of hydrogen-bond acceptors (Lipinski definition) is 3. The first-order valence-corrected chi connectivity index (χ1v) is 4.05. The Balaban J connectivity index is 0. The molecule has 12 heavy (non-hydrogen) atoms. The van der Waals surface area contributed by atoms with Gasteiger partial charge in [0.1, 0.15) is 0 Å². The topological polar surface area (TPSA) is 35.5 Å². The van der Waals surface area contributed by atoms with E-state index < -0.39 is 0 Å². The molecule has 0 atom stereocenters. The third-order valence-corrected chi connectivity index (χ3v) is 0.778. The van der Waals surface area contributed by atoms with Crippen molar-refractivity contribution in [3.8, 4) is 0 Å². The molecule has 0 N–H and O–H groups in total. The summed E-state index contributed by atoms with van der Waals surface area (Å²) in [6.07, 6.45) is 3.00. The monoisotopic (exact) mass is 174 g/mol. The minimum Gasteiger partial charge on any atom is -0.435 e. The average Bonchev–Trinajstić information content (AvgIpc) is 2.03. The maximum absolute atomic E-state index is 9.93. The van der Waals surface area contributed by atoms with Crippen LogP contribution in [0.25, 0.3) is 0 Å². The Morgan fingerprint density at radius 1 is 1.33 bits per heavy atom. The number of ether oxygens (including phenoxy) is 2. The third kappa shape index (κ3) is 22.9. The van der Waals surface area contributed by atoms with E-state index in [4.69, 9.17) is 4.74 Å². The van der Waals surface area contributed by atoms with Crippen molar-refractivity contribution in [1.82, 2.24) is 0 Å². The van der Waals surface area contributed by atoms with E-state index >= 15 is 0 Å². The number of allylic oxidation sites excluding steroid dienone is 1. The van der Waals surface area contributed by atoms with E-state index in [1.165, 1.54) is 13.2 Å². The zero-order valence-corrected chi connectivity index (χ0v) is 8.29. The molecular weight excluding hydrogens is 156 g/mol. The van der Waals surface area contributed by atoms with E-state index in [-0.39, 0.29) is 5.97 Å². The van der Waals surface area contributed by atoms with Crippen molar-refractivity contribution in [2.45, 2.75) is 27.7 Å². The first-order chi connectivity index (χ1) is 5.68. The Labute approximate surface area is 74.4 Å². The summed E-state index contributed by atoms with van der Waals surface area (Å²) in [5.74, 6) is -0.280. The molecule has 0 amide bonds. The highest BCUT2D eigenvalue weighted by Gasteiger charge is 1.80. The smallest absolute Gasteiger partial charge is 0.307 e. The molecular formula is C9H18O3. The van der Waals surface area contributed by atoms with E-state index in [1.54, 1.807) is 13.0 Å². The quantitative estimate of drug-likeness (QED) is 0.485. The second-order valence-corrected chi connectivity index (χ2v) is 1.86. The van der Waals surface area contributed by atoms with Gasteiger partial charge in [-0.1, -0.05) is 6.08 Å². The molecule has 3 nitrogen and oxygen atoms in total. The van der Waals surface area contributed by atoms with Crippen molar-refractivity contribution in [2.75, 3.05) is 13.2 Å². The van der Waals surface area contributed by atoms with Gasteiger partial charge in [0.05, 0.1) is 6.26 Å². The highest BCUT2D eigenvalue weighted by molar-refractivity contribution is 5.66. The van der Waals surface area contributed by atoms with Gasteiger partial charge in [-0.2, -0.15) is 0 Å². The van der Waals surface area contributed by atoms with Crippen LogP contribution < -0.4 is 0 Å². The van der Waals surface area contributed by atoms with E-state index in [1.807, 2.05) is 13.8 Å². The summed E-state index contributed by atoms with van der Waals surface area (Å²) < 4.78 is 9.20. The predicted octanol–water partition coefficient (Wildman–Crippen LogP) is 2.13. The van der Waals surface area contributed by atoms with Crippen LogP contribution in [0.2, 0.25) is 0 Å². The summed E-state index contributed by atoms with van der Waals surface area (Å²) in [7, 11) is 0. The second-order valence-electron chi connectivity index (χ2n) is 1.86. The molecule has 0 aromatic heterocycles. The van der Waals surface area contributed by atoms with E-state index in [0.29, 0.717) is 0 Å². The summed E-state index contributed by atoms with van der Waals surface area (Å²) in [4.78, 5) is 9.93. The van der Waals surface area contributed by atoms with Gasteiger partial charge in [-0.3, -0.25) is 4.79 Å². The van der Waals surface area contributed by atoms with Crippen molar-refractivity contribution in [3.05, 3.63) is 12.3 Å². The third-order valence-electron chi connectivity index (χ3n) is 0.778. The first-order valence-electron chi connectivity index (χ1n) is 4.05. The molecule has 0 saturated heterocycles. The molecule has 0 aliphatic rings. The maximum atomic E-state index is 9.93. The highest BCUT2D eigenvalue weighted by atomic mass is 16.5. The van der Waals surface area contributed by atoms with Gasteiger partial charge in [0, 0.05) is 20.1 Å². The number of carbonyl (C=O) groups is 1. The summed E-state index contributed by atoms with van der Waals surface area (Å²) in [5, 5.41) is 0. The molecule has 0 aromatic rings. The number of esters is 1. The van der Waals surface area contributed by atoms with Crippen LogP contribution in [0.4, 0.5) is 0 Å². The molecule has 0 saturated carbocycles. The standard InChI is InChI=1S/C5H8O2.C4H10O/c1-3-4-7-5(2)6;1-3-5-4-2/h3-4H,1-2H3;3-4H2,1-2H3/b4-3-;. The summed E-state index contributed by atoms with van der Waals surface area (Å²) in [6.45, 7) is 8.81. The lowest BCUT2D eigenvalue weighted by Gasteiger charge is -1.86. The fourth-order valence-corrected chi connectivity index (χ4v) is 0.368. The van der Waals surface area contributed by atoms with Crippen LogP contribution in [0.3, 0.4) is 0 Å². The predicted molar refractivity (Wildman–Crippen MR) is 48.7 cm³/mol. The summed E-state index contributed by atoms with van der Waals surface area (Å²) >= 11 is 0. The normalized spacial score (nSPS) is 9.00. The van der Waals surface area contributed by atoms with Crippen molar-refractivity contribution >= 4 is 5.97 Å². The van der Waals surface area contributed by atoms with E-state index in [2.05, 4.69) is 4.74 Å². The van der Waals surface area contributed by atoms with Gasteiger partial charge in [0.25, 0.3) is 0 Å². The van der Waals surface area contributed by atoms with Crippen LogP contribution in [0.1, 0.15) is 27.7 Å². The molecule has 0 fully saturated rings. The van der Waals surface area contributed by atoms with Crippen LogP contribution in [-0.4, -0.2) is 19.2 Å². The fourth-order valence-electron chi connectivity index (χ4n) is 0.368. The van der Waals surface area contributed by atoms with Gasteiger partial charge in [0.2, 0.25) is 0 Å². The molecule has 0 aliphatic heterocycles. The highest BCUT2D eigenvalue weighted by Crippen LogP contribution is 1.75. The summed E-state index contributed by atoms with van der Waals surface area (Å²) in [6, 6.07) is 0. The number of carbonyl (C=O) groups excluding carboxylic acids is 1.